The molecule has 0 radical (unpaired) electrons. The van der Waals surface area contributed by atoms with Crippen molar-refractivity contribution in [2.45, 2.75) is 31.8 Å². The van der Waals surface area contributed by atoms with E-state index in [1.54, 1.807) is 6.08 Å². The molecule has 0 fully saturated rings. The molecule has 17 heavy (non-hydrogen) atoms. The van der Waals surface area contributed by atoms with Crippen LogP contribution in [-0.2, 0) is 11.2 Å². The van der Waals surface area contributed by atoms with E-state index in [1.165, 1.54) is 0 Å². The predicted octanol–water partition coefficient (Wildman–Crippen LogP) is 2.24. The van der Waals surface area contributed by atoms with Crippen LogP contribution in [0.4, 0.5) is 0 Å². The molecule has 1 rings (SSSR count). The summed E-state index contributed by atoms with van der Waals surface area (Å²) in [6, 6.07) is 8.99. The second-order valence-electron chi connectivity index (χ2n) is 4.65. The number of aliphatic carboxylic acids is 1. The summed E-state index contributed by atoms with van der Waals surface area (Å²) in [6.45, 7) is 7.50. The minimum atomic E-state index is -0.844. The molecule has 0 saturated carbocycles. The second kappa shape index (κ2) is 5.64. The van der Waals surface area contributed by atoms with Gasteiger partial charge in [0.25, 0.3) is 0 Å². The van der Waals surface area contributed by atoms with Gasteiger partial charge in [-0.1, -0.05) is 36.4 Å². The van der Waals surface area contributed by atoms with Crippen molar-refractivity contribution in [3.05, 3.63) is 48.6 Å². The monoisotopic (exact) mass is 233 g/mol. The Morgan fingerprint density at radius 1 is 1.47 bits per heavy atom. The lowest BCUT2D eigenvalue weighted by atomic mass is 10.0. The van der Waals surface area contributed by atoms with Crippen molar-refractivity contribution in [3.63, 3.8) is 0 Å². The van der Waals surface area contributed by atoms with Gasteiger partial charge >= 0.3 is 5.97 Å². The molecular weight excluding hydrogens is 214 g/mol. The molecule has 92 valence electrons. The summed E-state index contributed by atoms with van der Waals surface area (Å²) >= 11 is 0. The van der Waals surface area contributed by atoms with E-state index >= 15 is 0 Å². The molecule has 0 heterocycles. The Kier molecular flexibility index (Phi) is 4.46. The zero-order valence-electron chi connectivity index (χ0n) is 10.3. The first-order valence-electron chi connectivity index (χ1n) is 5.62. The van der Waals surface area contributed by atoms with Gasteiger partial charge in [0.15, 0.2) is 0 Å². The largest absolute Gasteiger partial charge is 0.480 e. The highest BCUT2D eigenvalue weighted by Gasteiger charge is 2.24. The van der Waals surface area contributed by atoms with Crippen LogP contribution >= 0.6 is 0 Å². The summed E-state index contributed by atoms with van der Waals surface area (Å²) in [5, 5.41) is 12.3. The quantitative estimate of drug-likeness (QED) is 0.741. The maximum Gasteiger partial charge on any atom is 0.321 e. The van der Waals surface area contributed by atoms with Crippen molar-refractivity contribution in [2.75, 3.05) is 0 Å². The molecule has 1 aromatic carbocycles. The van der Waals surface area contributed by atoms with Gasteiger partial charge < -0.3 is 5.11 Å². The summed E-state index contributed by atoms with van der Waals surface area (Å²) in [5.74, 6) is -0.844. The van der Waals surface area contributed by atoms with Crippen molar-refractivity contribution in [1.82, 2.24) is 5.32 Å². The van der Waals surface area contributed by atoms with E-state index in [0.29, 0.717) is 6.42 Å². The molecule has 0 aliphatic rings. The zero-order chi connectivity index (χ0) is 12.9. The van der Waals surface area contributed by atoms with Gasteiger partial charge in [-0.3, -0.25) is 10.1 Å². The summed E-state index contributed by atoms with van der Waals surface area (Å²) < 4.78 is 0. The Bertz CT molecular complexity index is 384. The smallest absolute Gasteiger partial charge is 0.321 e. The van der Waals surface area contributed by atoms with Crippen LogP contribution in [0.5, 0.6) is 0 Å². The Hall–Kier alpha value is -1.61. The fraction of sp³-hybridized carbons (Fsp3) is 0.357. The molecule has 0 saturated heterocycles. The maximum atomic E-state index is 11.2. The molecule has 0 amide bonds. The number of rotatable bonds is 6. The molecule has 0 aliphatic carbocycles. The molecule has 1 atom stereocenters. The van der Waals surface area contributed by atoms with Gasteiger partial charge in [0.2, 0.25) is 0 Å². The van der Waals surface area contributed by atoms with Crippen LogP contribution in [0.1, 0.15) is 19.4 Å². The summed E-state index contributed by atoms with van der Waals surface area (Å²) in [5.41, 5.74) is 0.616. The molecule has 0 bridgehead atoms. The van der Waals surface area contributed by atoms with Gasteiger partial charge in [-0.25, -0.2) is 0 Å². The van der Waals surface area contributed by atoms with E-state index in [1.807, 2.05) is 44.2 Å². The van der Waals surface area contributed by atoms with Gasteiger partial charge in [0.05, 0.1) is 0 Å². The standard InChI is InChI=1S/C14H19NO2/c1-4-14(2,3)15-12(13(16)17)10-11-8-6-5-7-9-11/h4-9,12,15H,1,10H2,2-3H3,(H,16,17)/t12-/m0/s1. The summed E-state index contributed by atoms with van der Waals surface area (Å²) in [7, 11) is 0. The minimum absolute atomic E-state index is 0.391. The minimum Gasteiger partial charge on any atom is -0.480 e. The third kappa shape index (κ3) is 4.41. The normalized spacial score (nSPS) is 13.1. The Morgan fingerprint density at radius 2 is 2.06 bits per heavy atom. The molecule has 0 aromatic heterocycles. The average molecular weight is 233 g/mol. The van der Waals surface area contributed by atoms with Crippen molar-refractivity contribution in [1.29, 1.82) is 0 Å². The van der Waals surface area contributed by atoms with Crippen LogP contribution in [0.15, 0.2) is 43.0 Å². The lowest BCUT2D eigenvalue weighted by Gasteiger charge is -2.26. The fourth-order valence-electron chi connectivity index (χ4n) is 1.56. The van der Waals surface area contributed by atoms with Crippen LogP contribution < -0.4 is 5.32 Å². The number of benzene rings is 1. The van der Waals surface area contributed by atoms with Gasteiger partial charge in [-0.15, -0.1) is 6.58 Å². The Balaban J connectivity index is 2.74. The summed E-state index contributed by atoms with van der Waals surface area (Å²) in [4.78, 5) is 11.2. The Morgan fingerprint density at radius 3 is 2.53 bits per heavy atom. The molecular formula is C14H19NO2. The van der Waals surface area contributed by atoms with Crippen LogP contribution in [0.3, 0.4) is 0 Å². The van der Waals surface area contributed by atoms with Crippen molar-refractivity contribution in [2.24, 2.45) is 0 Å². The third-order valence-electron chi connectivity index (χ3n) is 2.64. The number of hydrogen-bond acceptors (Lipinski definition) is 2. The number of hydrogen-bond donors (Lipinski definition) is 2. The maximum absolute atomic E-state index is 11.2. The molecule has 1 aromatic rings. The number of carboxylic acids is 1. The highest BCUT2D eigenvalue weighted by Crippen LogP contribution is 2.09. The topological polar surface area (TPSA) is 49.3 Å². The Labute approximate surface area is 102 Å². The molecule has 0 aliphatic heterocycles. The van der Waals surface area contributed by atoms with Crippen LogP contribution in [0, 0.1) is 0 Å². The SMILES string of the molecule is C=CC(C)(C)N[C@@H](Cc1ccccc1)C(=O)O. The van der Waals surface area contributed by atoms with Crippen molar-refractivity contribution >= 4 is 5.97 Å². The van der Waals surface area contributed by atoms with Crippen molar-refractivity contribution in [3.8, 4) is 0 Å². The number of carbonyl (C=O) groups is 1. The van der Waals surface area contributed by atoms with Gasteiger partial charge in [-0.05, 0) is 25.8 Å². The molecule has 0 unspecified atom stereocenters. The van der Waals surface area contributed by atoms with E-state index in [-0.39, 0.29) is 0 Å². The lowest BCUT2D eigenvalue weighted by Crippen LogP contribution is -2.49. The predicted molar refractivity (Wildman–Crippen MR) is 69.0 cm³/mol. The highest BCUT2D eigenvalue weighted by atomic mass is 16.4. The highest BCUT2D eigenvalue weighted by molar-refractivity contribution is 5.74. The van der Waals surface area contributed by atoms with E-state index < -0.39 is 17.6 Å². The average Bonchev–Trinajstić information content (AvgIpc) is 2.29. The van der Waals surface area contributed by atoms with Crippen LogP contribution in [-0.4, -0.2) is 22.7 Å². The van der Waals surface area contributed by atoms with E-state index in [4.69, 9.17) is 0 Å². The number of nitrogens with one attached hydrogen (secondary N) is 1. The van der Waals surface area contributed by atoms with E-state index in [0.717, 1.165) is 5.56 Å². The first-order chi connectivity index (χ1) is 7.94. The molecule has 2 N–H and O–H groups in total. The molecule has 0 spiro atoms. The van der Waals surface area contributed by atoms with E-state index in [9.17, 15) is 9.90 Å². The van der Waals surface area contributed by atoms with E-state index in [2.05, 4.69) is 11.9 Å². The first kappa shape index (κ1) is 13.5. The second-order valence-corrected chi connectivity index (χ2v) is 4.65. The zero-order valence-corrected chi connectivity index (χ0v) is 10.3. The number of carboxylic acid groups (broad SMARTS) is 1. The lowest BCUT2D eigenvalue weighted by molar-refractivity contribution is -0.139. The van der Waals surface area contributed by atoms with Crippen molar-refractivity contribution < 1.29 is 9.90 Å². The van der Waals surface area contributed by atoms with Gasteiger partial charge in [-0.2, -0.15) is 0 Å². The molecule has 3 nitrogen and oxygen atoms in total. The third-order valence-corrected chi connectivity index (χ3v) is 2.64. The van der Waals surface area contributed by atoms with Gasteiger partial charge in [0.1, 0.15) is 6.04 Å². The van der Waals surface area contributed by atoms with Gasteiger partial charge in [0, 0.05) is 5.54 Å². The van der Waals surface area contributed by atoms with Crippen LogP contribution in [0.25, 0.3) is 0 Å². The van der Waals surface area contributed by atoms with Crippen LogP contribution in [0.2, 0.25) is 0 Å². The fourth-order valence-corrected chi connectivity index (χ4v) is 1.56. The molecule has 3 heteroatoms. The summed E-state index contributed by atoms with van der Waals surface area (Å²) in [6.07, 6.45) is 2.18. The first-order valence-corrected chi connectivity index (χ1v) is 5.62.